The molecule has 114 valence electrons. The summed E-state index contributed by atoms with van der Waals surface area (Å²) in [5, 5.41) is 9.43. The van der Waals surface area contributed by atoms with Crippen LogP contribution in [0.2, 0.25) is 10.0 Å². The van der Waals surface area contributed by atoms with Crippen LogP contribution in [0.4, 0.5) is 0 Å². The highest BCUT2D eigenvalue weighted by Gasteiger charge is 2.16. The number of aromatic nitrogens is 2. The summed E-state index contributed by atoms with van der Waals surface area (Å²) in [7, 11) is 0. The van der Waals surface area contributed by atoms with E-state index in [-0.39, 0.29) is 6.04 Å². The molecule has 0 aliphatic rings. The summed E-state index contributed by atoms with van der Waals surface area (Å²) in [6.07, 6.45) is 2.82. The first kappa shape index (κ1) is 16.3. The van der Waals surface area contributed by atoms with Crippen molar-refractivity contribution >= 4 is 23.2 Å². The molecule has 3 nitrogen and oxygen atoms in total. The summed E-state index contributed by atoms with van der Waals surface area (Å²) in [4.78, 5) is 0. The Labute approximate surface area is 136 Å². The van der Waals surface area contributed by atoms with Crippen LogP contribution in [0.1, 0.15) is 44.1 Å². The van der Waals surface area contributed by atoms with Crippen molar-refractivity contribution in [2.45, 2.75) is 39.3 Å². The van der Waals surface area contributed by atoms with Gasteiger partial charge in [0.25, 0.3) is 0 Å². The number of likely N-dealkylation sites (N-methyl/N-ethyl adjacent to an activating group) is 1. The standard InChI is InChI=1S/C16H21Cl2N3/c1-4-19-16(14-6-5-12(17)9-15(14)18)10-13-7-8-21(20-13)11(2)3/h5-9,11,16,19H,4,10H2,1-3H3. The summed E-state index contributed by atoms with van der Waals surface area (Å²) in [5.41, 5.74) is 2.11. The molecule has 0 saturated heterocycles. The van der Waals surface area contributed by atoms with Gasteiger partial charge < -0.3 is 5.32 Å². The van der Waals surface area contributed by atoms with Gasteiger partial charge >= 0.3 is 0 Å². The molecule has 0 amide bonds. The van der Waals surface area contributed by atoms with Gasteiger partial charge in [0.1, 0.15) is 0 Å². The van der Waals surface area contributed by atoms with Crippen molar-refractivity contribution in [3.63, 3.8) is 0 Å². The molecule has 0 radical (unpaired) electrons. The SMILES string of the molecule is CCNC(Cc1ccn(C(C)C)n1)c1ccc(Cl)cc1Cl. The Morgan fingerprint density at radius 2 is 2.00 bits per heavy atom. The second-order valence-electron chi connectivity index (χ2n) is 5.36. The lowest BCUT2D eigenvalue weighted by Gasteiger charge is -2.19. The number of hydrogen-bond donors (Lipinski definition) is 1. The number of nitrogens with zero attached hydrogens (tertiary/aromatic N) is 2. The van der Waals surface area contributed by atoms with Gasteiger partial charge in [-0.1, -0.05) is 36.2 Å². The molecule has 0 fully saturated rings. The molecular formula is C16H21Cl2N3. The van der Waals surface area contributed by atoms with Gasteiger partial charge in [-0.05, 0) is 44.2 Å². The summed E-state index contributed by atoms with van der Waals surface area (Å²) in [6, 6.07) is 8.21. The van der Waals surface area contributed by atoms with Gasteiger partial charge in [0.15, 0.2) is 0 Å². The van der Waals surface area contributed by atoms with Crippen LogP contribution in [0.25, 0.3) is 0 Å². The van der Waals surface area contributed by atoms with Crippen molar-refractivity contribution in [3.8, 4) is 0 Å². The maximum atomic E-state index is 6.33. The van der Waals surface area contributed by atoms with E-state index in [1.165, 1.54) is 0 Å². The summed E-state index contributed by atoms with van der Waals surface area (Å²) < 4.78 is 1.97. The van der Waals surface area contributed by atoms with E-state index in [1.54, 1.807) is 6.07 Å². The van der Waals surface area contributed by atoms with E-state index in [0.717, 1.165) is 24.2 Å². The third kappa shape index (κ3) is 4.22. The van der Waals surface area contributed by atoms with Crippen LogP contribution in [0.3, 0.4) is 0 Å². The summed E-state index contributed by atoms with van der Waals surface area (Å²) in [6.45, 7) is 7.20. The average molecular weight is 326 g/mol. The molecule has 1 N–H and O–H groups in total. The van der Waals surface area contributed by atoms with Gasteiger partial charge in [-0.3, -0.25) is 4.68 Å². The van der Waals surface area contributed by atoms with Crippen molar-refractivity contribution in [1.29, 1.82) is 0 Å². The normalized spacial score (nSPS) is 12.9. The highest BCUT2D eigenvalue weighted by molar-refractivity contribution is 6.35. The van der Waals surface area contributed by atoms with E-state index in [1.807, 2.05) is 23.0 Å². The van der Waals surface area contributed by atoms with Crippen LogP contribution < -0.4 is 5.32 Å². The Kier molecular flexibility index (Phi) is 5.68. The third-order valence-corrected chi connectivity index (χ3v) is 3.96. The van der Waals surface area contributed by atoms with Gasteiger partial charge in [0.2, 0.25) is 0 Å². The number of benzene rings is 1. The molecule has 1 atom stereocenters. The number of rotatable bonds is 6. The Morgan fingerprint density at radius 3 is 2.57 bits per heavy atom. The Bertz CT molecular complexity index is 593. The summed E-state index contributed by atoms with van der Waals surface area (Å²) in [5.74, 6) is 0. The Balaban J connectivity index is 2.21. The minimum Gasteiger partial charge on any atom is -0.310 e. The number of halogens is 2. The van der Waals surface area contributed by atoms with E-state index < -0.39 is 0 Å². The van der Waals surface area contributed by atoms with Crippen molar-refractivity contribution in [1.82, 2.24) is 15.1 Å². The monoisotopic (exact) mass is 325 g/mol. The fourth-order valence-corrected chi connectivity index (χ4v) is 2.85. The van der Waals surface area contributed by atoms with Crippen LogP contribution in [-0.4, -0.2) is 16.3 Å². The fraction of sp³-hybridized carbons (Fsp3) is 0.438. The molecular weight excluding hydrogens is 305 g/mol. The van der Waals surface area contributed by atoms with Crippen molar-refractivity contribution < 1.29 is 0 Å². The minimum atomic E-state index is 0.135. The molecule has 0 bridgehead atoms. The van der Waals surface area contributed by atoms with E-state index in [2.05, 4.69) is 37.3 Å². The van der Waals surface area contributed by atoms with Gasteiger partial charge in [0, 0.05) is 34.7 Å². The lowest BCUT2D eigenvalue weighted by atomic mass is 10.0. The first-order valence-electron chi connectivity index (χ1n) is 7.23. The van der Waals surface area contributed by atoms with Crippen molar-refractivity contribution in [3.05, 3.63) is 51.8 Å². The average Bonchev–Trinajstić information content (AvgIpc) is 2.87. The van der Waals surface area contributed by atoms with E-state index in [0.29, 0.717) is 16.1 Å². The Hall–Kier alpha value is -1.03. The zero-order valence-corrected chi connectivity index (χ0v) is 14.1. The molecule has 0 saturated carbocycles. The molecule has 2 aromatic rings. The zero-order chi connectivity index (χ0) is 15.4. The minimum absolute atomic E-state index is 0.135. The quantitative estimate of drug-likeness (QED) is 0.836. The van der Waals surface area contributed by atoms with Gasteiger partial charge in [-0.15, -0.1) is 0 Å². The third-order valence-electron chi connectivity index (χ3n) is 3.39. The predicted molar refractivity (Wildman–Crippen MR) is 89.2 cm³/mol. The van der Waals surface area contributed by atoms with Crippen molar-refractivity contribution in [2.24, 2.45) is 0 Å². The van der Waals surface area contributed by atoms with Gasteiger partial charge in [0.05, 0.1) is 5.69 Å². The smallest absolute Gasteiger partial charge is 0.0643 e. The molecule has 1 heterocycles. The second kappa shape index (κ2) is 7.30. The van der Waals surface area contributed by atoms with Gasteiger partial charge in [-0.2, -0.15) is 5.10 Å². The topological polar surface area (TPSA) is 29.9 Å². The highest BCUT2D eigenvalue weighted by atomic mass is 35.5. The van der Waals surface area contributed by atoms with Crippen LogP contribution in [0, 0.1) is 0 Å². The first-order valence-corrected chi connectivity index (χ1v) is 7.99. The lowest BCUT2D eigenvalue weighted by Crippen LogP contribution is -2.23. The van der Waals surface area contributed by atoms with E-state index in [4.69, 9.17) is 23.2 Å². The molecule has 1 unspecified atom stereocenters. The largest absolute Gasteiger partial charge is 0.310 e. The van der Waals surface area contributed by atoms with Crippen LogP contribution in [0.15, 0.2) is 30.5 Å². The predicted octanol–water partition coefficient (Wildman–Crippen LogP) is 4.66. The second-order valence-corrected chi connectivity index (χ2v) is 6.20. The van der Waals surface area contributed by atoms with Crippen molar-refractivity contribution in [2.75, 3.05) is 6.54 Å². The molecule has 2 rings (SSSR count). The first-order chi connectivity index (χ1) is 10.0. The maximum Gasteiger partial charge on any atom is 0.0643 e. The van der Waals surface area contributed by atoms with Crippen LogP contribution >= 0.6 is 23.2 Å². The number of hydrogen-bond acceptors (Lipinski definition) is 2. The van der Waals surface area contributed by atoms with E-state index >= 15 is 0 Å². The van der Waals surface area contributed by atoms with Crippen LogP contribution in [0.5, 0.6) is 0 Å². The molecule has 1 aromatic carbocycles. The van der Waals surface area contributed by atoms with Gasteiger partial charge in [-0.25, -0.2) is 0 Å². The van der Waals surface area contributed by atoms with E-state index in [9.17, 15) is 0 Å². The number of nitrogens with one attached hydrogen (secondary N) is 1. The molecule has 0 aliphatic heterocycles. The lowest BCUT2D eigenvalue weighted by molar-refractivity contribution is 0.506. The zero-order valence-electron chi connectivity index (χ0n) is 12.6. The highest BCUT2D eigenvalue weighted by Crippen LogP contribution is 2.28. The van der Waals surface area contributed by atoms with Crippen LogP contribution in [-0.2, 0) is 6.42 Å². The summed E-state index contributed by atoms with van der Waals surface area (Å²) >= 11 is 12.3. The molecule has 5 heteroatoms. The fourth-order valence-electron chi connectivity index (χ4n) is 2.31. The molecule has 0 aliphatic carbocycles. The Morgan fingerprint density at radius 1 is 1.24 bits per heavy atom. The molecule has 21 heavy (non-hydrogen) atoms. The molecule has 1 aromatic heterocycles. The molecule has 0 spiro atoms. The maximum absolute atomic E-state index is 6.33.